The molecule has 0 saturated carbocycles. The maximum absolute atomic E-state index is 12.8. The second-order valence-electron chi connectivity index (χ2n) is 8.76. The van der Waals surface area contributed by atoms with Crippen LogP contribution in [0.2, 0.25) is 0 Å². The minimum atomic E-state index is -0.766. The molecule has 9 nitrogen and oxygen atoms in total. The molecular formula is C25H40N4O5. The highest BCUT2D eigenvalue weighted by atomic mass is 16.5. The van der Waals surface area contributed by atoms with Crippen LogP contribution in [0.15, 0.2) is 24.3 Å². The van der Waals surface area contributed by atoms with E-state index in [1.807, 2.05) is 13.8 Å². The van der Waals surface area contributed by atoms with Crippen molar-refractivity contribution in [2.75, 3.05) is 18.4 Å². The van der Waals surface area contributed by atoms with Gasteiger partial charge in [-0.05, 0) is 37.0 Å². The van der Waals surface area contributed by atoms with Crippen LogP contribution in [0.1, 0.15) is 65.4 Å². The second kappa shape index (κ2) is 15.8. The Morgan fingerprint density at radius 3 is 2.26 bits per heavy atom. The Kier molecular flexibility index (Phi) is 13.5. The van der Waals surface area contributed by atoms with Gasteiger partial charge in [-0.1, -0.05) is 45.7 Å². The molecule has 0 aliphatic heterocycles. The van der Waals surface area contributed by atoms with Gasteiger partial charge >= 0.3 is 6.09 Å². The third kappa shape index (κ3) is 11.3. The number of Topliss-reactive ketones (excluding diaryl/α,β-unsaturated/α-hetero) is 1. The van der Waals surface area contributed by atoms with Gasteiger partial charge in [-0.2, -0.15) is 0 Å². The summed E-state index contributed by atoms with van der Waals surface area (Å²) in [7, 11) is 0. The van der Waals surface area contributed by atoms with Crippen LogP contribution < -0.4 is 21.7 Å². The first-order valence-electron chi connectivity index (χ1n) is 12.0. The third-order valence-corrected chi connectivity index (χ3v) is 5.41. The molecule has 190 valence electrons. The molecule has 0 spiro atoms. The SMILES string of the molecule is CCCCCC(=O)C[C@H](C(=O)N[C@@H](C)C(=O)Nc1ccc(COC(=O)NCCN)cc1)C(C)C. The number of ketones is 1. The molecule has 1 rings (SSSR count). The standard InChI is InChI=1S/C25H40N4O5/c1-5-6-7-8-21(30)15-22(17(2)3)24(32)28-18(4)23(31)29-20-11-9-19(10-12-20)16-34-25(33)27-14-13-26/h9-12,17-18,22H,5-8,13-16,26H2,1-4H3,(H,27,33)(H,28,32)(H,29,31)/t18-,22-/m0/s1. The normalized spacial score (nSPS) is 12.5. The Morgan fingerprint density at radius 2 is 1.68 bits per heavy atom. The maximum Gasteiger partial charge on any atom is 0.407 e. The molecule has 2 atom stereocenters. The summed E-state index contributed by atoms with van der Waals surface area (Å²) in [6, 6.07) is 6.07. The molecule has 0 aliphatic carbocycles. The number of amides is 3. The molecule has 0 bridgehead atoms. The highest BCUT2D eigenvalue weighted by molar-refractivity contribution is 5.97. The summed E-state index contributed by atoms with van der Waals surface area (Å²) in [5.74, 6) is -1.05. The van der Waals surface area contributed by atoms with E-state index in [0.717, 1.165) is 24.8 Å². The van der Waals surface area contributed by atoms with Crippen LogP contribution >= 0.6 is 0 Å². The fourth-order valence-electron chi connectivity index (χ4n) is 3.25. The molecule has 0 radical (unpaired) electrons. The molecule has 0 saturated heterocycles. The van der Waals surface area contributed by atoms with Crippen molar-refractivity contribution in [1.82, 2.24) is 10.6 Å². The van der Waals surface area contributed by atoms with Crippen LogP contribution in [0, 0.1) is 11.8 Å². The van der Waals surface area contributed by atoms with Crippen molar-refractivity contribution in [3.63, 3.8) is 0 Å². The molecule has 5 N–H and O–H groups in total. The molecule has 0 heterocycles. The first-order chi connectivity index (χ1) is 16.2. The fraction of sp³-hybridized carbons (Fsp3) is 0.600. The van der Waals surface area contributed by atoms with Crippen LogP contribution in [0.25, 0.3) is 0 Å². The van der Waals surface area contributed by atoms with Gasteiger partial charge in [0.1, 0.15) is 18.4 Å². The summed E-state index contributed by atoms with van der Waals surface area (Å²) in [4.78, 5) is 49.0. The molecule has 0 unspecified atom stereocenters. The number of unbranched alkanes of at least 4 members (excludes halogenated alkanes) is 2. The van der Waals surface area contributed by atoms with Gasteiger partial charge in [-0.15, -0.1) is 0 Å². The number of carbonyl (C=O) groups excluding carboxylic acids is 4. The molecule has 0 aliphatic rings. The van der Waals surface area contributed by atoms with E-state index in [2.05, 4.69) is 22.9 Å². The Bertz CT molecular complexity index is 795. The van der Waals surface area contributed by atoms with Crippen molar-refractivity contribution >= 4 is 29.4 Å². The highest BCUT2D eigenvalue weighted by Gasteiger charge is 2.27. The average molecular weight is 477 g/mol. The largest absolute Gasteiger partial charge is 0.445 e. The van der Waals surface area contributed by atoms with Gasteiger partial charge in [0.25, 0.3) is 0 Å². The van der Waals surface area contributed by atoms with Crippen LogP contribution in [-0.4, -0.2) is 42.8 Å². The van der Waals surface area contributed by atoms with Crippen molar-refractivity contribution in [2.24, 2.45) is 17.6 Å². The zero-order chi connectivity index (χ0) is 25.5. The lowest BCUT2D eigenvalue weighted by Crippen LogP contribution is -2.45. The molecule has 0 aromatic heterocycles. The quantitative estimate of drug-likeness (QED) is 0.287. The number of anilines is 1. The van der Waals surface area contributed by atoms with E-state index in [0.29, 0.717) is 25.2 Å². The summed E-state index contributed by atoms with van der Waals surface area (Å²) in [5.41, 5.74) is 6.62. The first-order valence-corrected chi connectivity index (χ1v) is 12.0. The fourth-order valence-corrected chi connectivity index (χ4v) is 3.25. The number of alkyl carbamates (subject to hydrolysis) is 1. The predicted molar refractivity (Wildman–Crippen MR) is 132 cm³/mol. The van der Waals surface area contributed by atoms with Crippen molar-refractivity contribution in [3.8, 4) is 0 Å². The summed E-state index contributed by atoms with van der Waals surface area (Å²) in [6.45, 7) is 8.25. The average Bonchev–Trinajstić information content (AvgIpc) is 2.80. The van der Waals surface area contributed by atoms with E-state index in [9.17, 15) is 19.2 Å². The lowest BCUT2D eigenvalue weighted by Gasteiger charge is -2.22. The van der Waals surface area contributed by atoms with E-state index < -0.39 is 18.1 Å². The van der Waals surface area contributed by atoms with Crippen molar-refractivity contribution < 1.29 is 23.9 Å². The van der Waals surface area contributed by atoms with Gasteiger partial charge in [-0.3, -0.25) is 14.4 Å². The Morgan fingerprint density at radius 1 is 1.00 bits per heavy atom. The number of hydrogen-bond donors (Lipinski definition) is 4. The smallest absolute Gasteiger partial charge is 0.407 e. The summed E-state index contributed by atoms with van der Waals surface area (Å²) < 4.78 is 5.06. The van der Waals surface area contributed by atoms with Gasteiger partial charge in [0.05, 0.1) is 0 Å². The van der Waals surface area contributed by atoms with E-state index in [1.54, 1.807) is 31.2 Å². The van der Waals surface area contributed by atoms with Crippen LogP contribution in [-0.2, 0) is 25.7 Å². The number of nitrogens with one attached hydrogen (secondary N) is 3. The maximum atomic E-state index is 12.8. The number of nitrogens with two attached hydrogens (primary N) is 1. The lowest BCUT2D eigenvalue weighted by atomic mass is 9.88. The number of hydrogen-bond acceptors (Lipinski definition) is 6. The Labute approximate surface area is 202 Å². The van der Waals surface area contributed by atoms with Crippen LogP contribution in [0.5, 0.6) is 0 Å². The topological polar surface area (TPSA) is 140 Å². The first kappa shape index (κ1) is 29.1. The van der Waals surface area contributed by atoms with Crippen molar-refractivity contribution in [2.45, 2.75) is 72.4 Å². The molecule has 3 amide bonds. The van der Waals surface area contributed by atoms with Gasteiger partial charge in [0, 0.05) is 37.5 Å². The van der Waals surface area contributed by atoms with Gasteiger partial charge < -0.3 is 26.4 Å². The lowest BCUT2D eigenvalue weighted by molar-refractivity contribution is -0.133. The van der Waals surface area contributed by atoms with Crippen LogP contribution in [0.4, 0.5) is 10.5 Å². The second-order valence-corrected chi connectivity index (χ2v) is 8.76. The molecule has 1 aromatic carbocycles. The van der Waals surface area contributed by atoms with Crippen molar-refractivity contribution in [3.05, 3.63) is 29.8 Å². The highest BCUT2D eigenvalue weighted by Crippen LogP contribution is 2.18. The molecule has 0 fully saturated rings. The third-order valence-electron chi connectivity index (χ3n) is 5.41. The molecular weight excluding hydrogens is 436 g/mol. The van der Waals surface area contributed by atoms with Gasteiger partial charge in [0.15, 0.2) is 0 Å². The van der Waals surface area contributed by atoms with E-state index in [1.165, 1.54) is 0 Å². The summed E-state index contributed by atoms with van der Waals surface area (Å²) >= 11 is 0. The zero-order valence-corrected chi connectivity index (χ0v) is 20.8. The number of ether oxygens (including phenoxy) is 1. The minimum Gasteiger partial charge on any atom is -0.445 e. The van der Waals surface area contributed by atoms with Crippen molar-refractivity contribution in [1.29, 1.82) is 0 Å². The summed E-state index contributed by atoms with van der Waals surface area (Å²) in [6.07, 6.45) is 3.01. The monoisotopic (exact) mass is 476 g/mol. The number of benzene rings is 1. The zero-order valence-electron chi connectivity index (χ0n) is 20.8. The molecule has 9 heteroatoms. The summed E-state index contributed by atoms with van der Waals surface area (Å²) in [5, 5.41) is 8.00. The van der Waals surface area contributed by atoms with E-state index in [4.69, 9.17) is 10.5 Å². The van der Waals surface area contributed by atoms with Gasteiger partial charge in [0.2, 0.25) is 11.8 Å². The Balaban J connectivity index is 2.55. The number of carbonyl (C=O) groups is 4. The minimum absolute atomic E-state index is 0.0162. The predicted octanol–water partition coefficient (Wildman–Crippen LogP) is 3.13. The molecule has 34 heavy (non-hydrogen) atoms. The van der Waals surface area contributed by atoms with Crippen LogP contribution in [0.3, 0.4) is 0 Å². The van der Waals surface area contributed by atoms with E-state index >= 15 is 0 Å². The van der Waals surface area contributed by atoms with Gasteiger partial charge in [-0.25, -0.2) is 4.79 Å². The number of rotatable bonds is 15. The molecule has 1 aromatic rings. The Hall–Kier alpha value is -2.94. The van der Waals surface area contributed by atoms with E-state index in [-0.39, 0.29) is 36.5 Å².